The van der Waals surface area contributed by atoms with Gasteiger partial charge in [-0.1, -0.05) is 0 Å². The Morgan fingerprint density at radius 3 is 2.81 bits per heavy atom. The van der Waals surface area contributed by atoms with Crippen molar-refractivity contribution in [1.29, 1.82) is 0 Å². The molecule has 0 radical (unpaired) electrons. The summed E-state index contributed by atoms with van der Waals surface area (Å²) in [6.07, 6.45) is 3.36. The molecule has 0 aromatic rings. The maximum absolute atomic E-state index is 12.0. The van der Waals surface area contributed by atoms with E-state index in [4.69, 9.17) is 0 Å². The second kappa shape index (κ2) is 4.18. The molecule has 16 heavy (non-hydrogen) atoms. The van der Waals surface area contributed by atoms with Gasteiger partial charge in [-0.25, -0.2) is 8.42 Å². The maximum atomic E-state index is 12.0. The average Bonchev–Trinajstić information content (AvgIpc) is 2.59. The van der Waals surface area contributed by atoms with Crippen LogP contribution in [0.25, 0.3) is 0 Å². The van der Waals surface area contributed by atoms with Crippen LogP contribution >= 0.6 is 0 Å². The van der Waals surface area contributed by atoms with Crippen LogP contribution in [0.2, 0.25) is 0 Å². The Hall–Kier alpha value is -0.880. The summed E-state index contributed by atoms with van der Waals surface area (Å²) in [6, 6.07) is -0.431. The molecule has 5 nitrogen and oxygen atoms in total. The topological polar surface area (TPSA) is 66.5 Å². The van der Waals surface area contributed by atoms with Crippen molar-refractivity contribution in [2.75, 3.05) is 19.3 Å². The van der Waals surface area contributed by atoms with Gasteiger partial charge in [-0.05, 0) is 26.0 Å². The lowest BCUT2D eigenvalue weighted by Crippen LogP contribution is -2.53. The Kier molecular flexibility index (Phi) is 3.03. The smallest absolute Gasteiger partial charge is 0.240 e. The lowest BCUT2D eigenvalue weighted by atomic mass is 10.0. The third-order valence-corrected chi connectivity index (χ3v) is 4.51. The van der Waals surface area contributed by atoms with Crippen molar-refractivity contribution in [3.63, 3.8) is 0 Å². The van der Waals surface area contributed by atoms with E-state index in [-0.39, 0.29) is 23.7 Å². The third-order valence-electron chi connectivity index (χ3n) is 3.13. The first kappa shape index (κ1) is 11.6. The monoisotopic (exact) mass is 244 g/mol. The number of amides is 1. The van der Waals surface area contributed by atoms with Crippen LogP contribution in [0.15, 0.2) is 11.5 Å². The van der Waals surface area contributed by atoms with Gasteiger partial charge in [-0.2, -0.15) is 0 Å². The number of nitrogens with one attached hydrogen (secondary N) is 1. The second-order valence-electron chi connectivity index (χ2n) is 4.24. The highest BCUT2D eigenvalue weighted by molar-refractivity contribution is 7.94. The molecule has 0 aliphatic carbocycles. The summed E-state index contributed by atoms with van der Waals surface area (Å²) in [6.45, 7) is 0.654. The van der Waals surface area contributed by atoms with Crippen LogP contribution in [0.4, 0.5) is 0 Å². The van der Waals surface area contributed by atoms with Gasteiger partial charge < -0.3 is 10.2 Å². The molecule has 90 valence electrons. The van der Waals surface area contributed by atoms with Crippen molar-refractivity contribution in [2.45, 2.75) is 24.9 Å². The molecule has 2 heterocycles. The Morgan fingerprint density at radius 2 is 2.25 bits per heavy atom. The standard InChI is InChI=1S/C10H16N2O3S/c1-11-9-3-2-5-12(10(9)13)8-4-6-16(14,15)7-8/h4,6,8-9,11H,2-3,5,7H2,1H3. The molecule has 0 bridgehead atoms. The van der Waals surface area contributed by atoms with Crippen LogP contribution < -0.4 is 5.32 Å². The highest BCUT2D eigenvalue weighted by atomic mass is 32.2. The first-order valence-electron chi connectivity index (χ1n) is 5.42. The number of carbonyl (C=O) groups excluding carboxylic acids is 1. The summed E-state index contributed by atoms with van der Waals surface area (Å²) in [4.78, 5) is 13.7. The van der Waals surface area contributed by atoms with E-state index in [0.717, 1.165) is 12.8 Å². The number of hydrogen-bond donors (Lipinski definition) is 1. The molecule has 1 fully saturated rings. The summed E-state index contributed by atoms with van der Waals surface area (Å²) in [5.41, 5.74) is 0. The molecule has 1 saturated heterocycles. The lowest BCUT2D eigenvalue weighted by Gasteiger charge is -2.35. The average molecular weight is 244 g/mol. The van der Waals surface area contributed by atoms with E-state index in [1.54, 1.807) is 18.0 Å². The molecular formula is C10H16N2O3S. The fourth-order valence-electron chi connectivity index (χ4n) is 2.25. The zero-order valence-electron chi connectivity index (χ0n) is 9.22. The molecule has 2 rings (SSSR count). The minimum absolute atomic E-state index is 0.0144. The third kappa shape index (κ3) is 2.12. The molecule has 2 aliphatic rings. The van der Waals surface area contributed by atoms with Gasteiger partial charge in [0.2, 0.25) is 5.91 Å². The largest absolute Gasteiger partial charge is 0.334 e. The summed E-state index contributed by atoms with van der Waals surface area (Å²) < 4.78 is 22.6. The molecule has 2 unspecified atom stereocenters. The van der Waals surface area contributed by atoms with Gasteiger partial charge in [-0.3, -0.25) is 4.79 Å². The van der Waals surface area contributed by atoms with E-state index in [0.29, 0.717) is 6.54 Å². The van der Waals surface area contributed by atoms with Gasteiger partial charge in [0, 0.05) is 12.0 Å². The first-order chi connectivity index (χ1) is 7.53. The SMILES string of the molecule is CNC1CCCN(C2C=CS(=O)(=O)C2)C1=O. The van der Waals surface area contributed by atoms with Gasteiger partial charge in [0.05, 0.1) is 17.8 Å². The van der Waals surface area contributed by atoms with E-state index >= 15 is 0 Å². The number of nitrogens with zero attached hydrogens (tertiary/aromatic N) is 1. The highest BCUT2D eigenvalue weighted by Crippen LogP contribution is 2.20. The summed E-state index contributed by atoms with van der Waals surface area (Å²) >= 11 is 0. The molecule has 6 heteroatoms. The quantitative estimate of drug-likeness (QED) is 0.711. The zero-order valence-corrected chi connectivity index (χ0v) is 10.0. The lowest BCUT2D eigenvalue weighted by molar-refractivity contribution is -0.136. The molecule has 0 aromatic carbocycles. The van der Waals surface area contributed by atoms with Crippen molar-refractivity contribution < 1.29 is 13.2 Å². The fourth-order valence-corrected chi connectivity index (χ4v) is 3.55. The van der Waals surface area contributed by atoms with Crippen LogP contribution in [0.5, 0.6) is 0 Å². The minimum Gasteiger partial charge on any atom is -0.334 e. The molecule has 1 amide bonds. The number of rotatable bonds is 2. The fraction of sp³-hybridized carbons (Fsp3) is 0.700. The van der Waals surface area contributed by atoms with Crippen LogP contribution in [0, 0.1) is 0 Å². The Morgan fingerprint density at radius 1 is 1.50 bits per heavy atom. The van der Waals surface area contributed by atoms with Gasteiger partial charge in [0.25, 0.3) is 0 Å². The minimum atomic E-state index is -3.09. The van der Waals surface area contributed by atoms with Crippen LogP contribution in [-0.4, -0.2) is 50.7 Å². The van der Waals surface area contributed by atoms with Crippen molar-refractivity contribution in [1.82, 2.24) is 10.2 Å². The zero-order chi connectivity index (χ0) is 11.8. The van der Waals surface area contributed by atoms with Crippen LogP contribution in [0.1, 0.15) is 12.8 Å². The molecule has 2 aliphatic heterocycles. The number of hydrogen-bond acceptors (Lipinski definition) is 4. The Bertz CT molecular complexity index is 416. The highest BCUT2D eigenvalue weighted by Gasteiger charge is 2.35. The molecule has 1 N–H and O–H groups in total. The van der Waals surface area contributed by atoms with Crippen LogP contribution in [0.3, 0.4) is 0 Å². The Balaban J connectivity index is 2.11. The predicted octanol–water partition coefficient (Wildman–Crippen LogP) is -0.492. The molecule has 0 spiro atoms. The Labute approximate surface area is 95.4 Å². The van der Waals surface area contributed by atoms with E-state index in [1.807, 2.05) is 0 Å². The number of carbonyl (C=O) groups is 1. The van der Waals surface area contributed by atoms with Gasteiger partial charge >= 0.3 is 0 Å². The van der Waals surface area contributed by atoms with Gasteiger partial charge in [-0.15, -0.1) is 0 Å². The number of sulfone groups is 1. The van der Waals surface area contributed by atoms with Crippen molar-refractivity contribution in [2.24, 2.45) is 0 Å². The van der Waals surface area contributed by atoms with Crippen LogP contribution in [-0.2, 0) is 14.6 Å². The molecule has 2 atom stereocenters. The molecule has 0 saturated carbocycles. The van der Waals surface area contributed by atoms with E-state index < -0.39 is 9.84 Å². The molecule has 0 aromatic heterocycles. The van der Waals surface area contributed by atoms with E-state index in [1.165, 1.54) is 5.41 Å². The van der Waals surface area contributed by atoms with Gasteiger partial charge in [0.15, 0.2) is 9.84 Å². The molecular weight excluding hydrogens is 228 g/mol. The summed E-state index contributed by atoms with van der Waals surface area (Å²) in [7, 11) is -1.33. The summed E-state index contributed by atoms with van der Waals surface area (Å²) in [5.74, 6) is 0.0512. The van der Waals surface area contributed by atoms with Crippen molar-refractivity contribution in [3.8, 4) is 0 Å². The van der Waals surface area contributed by atoms with Gasteiger partial charge in [0.1, 0.15) is 0 Å². The van der Waals surface area contributed by atoms with E-state index in [9.17, 15) is 13.2 Å². The predicted molar refractivity (Wildman–Crippen MR) is 60.5 cm³/mol. The van der Waals surface area contributed by atoms with Crippen molar-refractivity contribution in [3.05, 3.63) is 11.5 Å². The number of likely N-dealkylation sites (N-methyl/N-ethyl adjacent to an activating group) is 1. The number of likely N-dealkylation sites (tertiary alicyclic amines) is 1. The number of piperidine rings is 1. The first-order valence-corrected chi connectivity index (χ1v) is 7.14. The normalized spacial score (nSPS) is 33.3. The second-order valence-corrected chi connectivity index (χ2v) is 6.17. The maximum Gasteiger partial charge on any atom is 0.240 e. The summed E-state index contributed by atoms with van der Waals surface area (Å²) in [5, 5.41) is 4.18. The van der Waals surface area contributed by atoms with E-state index in [2.05, 4.69) is 5.32 Å². The van der Waals surface area contributed by atoms with Crippen molar-refractivity contribution >= 4 is 15.7 Å².